The summed E-state index contributed by atoms with van der Waals surface area (Å²) >= 11 is 0. The molecule has 0 bridgehead atoms. The molecule has 2 aliphatic heterocycles. The molecule has 226 valence electrons. The Morgan fingerprint density at radius 2 is 1.81 bits per heavy atom. The summed E-state index contributed by atoms with van der Waals surface area (Å²) < 4.78 is 42.1. The Balaban J connectivity index is 1.15. The molecule has 0 saturated carbocycles. The number of rotatable bonds is 8. The molecule has 4 aromatic rings. The lowest BCUT2D eigenvalue weighted by molar-refractivity contribution is -0.171. The highest BCUT2D eigenvalue weighted by molar-refractivity contribution is 7.52. The minimum absolute atomic E-state index is 0.0821. The quantitative estimate of drug-likeness (QED) is 0.0948. The van der Waals surface area contributed by atoms with Crippen molar-refractivity contribution < 1.29 is 48.2 Å². The topological polar surface area (TPSA) is 316 Å². The van der Waals surface area contributed by atoms with Crippen LogP contribution in [0.2, 0.25) is 0 Å². The van der Waals surface area contributed by atoms with E-state index in [0.29, 0.717) is 0 Å². The van der Waals surface area contributed by atoms with Crippen molar-refractivity contribution in [2.75, 3.05) is 24.9 Å². The van der Waals surface area contributed by atoms with Crippen LogP contribution in [-0.4, -0.2) is 115 Å². The van der Waals surface area contributed by atoms with E-state index in [1.54, 1.807) is 0 Å². The van der Waals surface area contributed by atoms with Crippen molar-refractivity contribution in [3.05, 3.63) is 23.0 Å². The first-order valence-electron chi connectivity index (χ1n) is 12.0. The number of nitrogen functional groups attached to an aromatic ring is 2. The maximum Gasteiger partial charge on any atom is 0.354 e. The summed E-state index contributed by atoms with van der Waals surface area (Å²) in [7, 11) is -3.54. The SMILES string of the molecule is CO[C@H]1O[C@@H](n2nnc3c(=O)[nH]c(N)nc32)C(O)C1OP(=O)(O)CO[C@H]1O[C@@H](n2cnc3c(N)ncnc32)C(O)C1O. The van der Waals surface area contributed by atoms with Gasteiger partial charge in [-0.05, 0) is 0 Å². The molecule has 0 amide bonds. The standard InChI is InChI=1S/C19H24N11O11P/c1-37-18-10(9(33)16(40-18)30-13-6(27-28-30)14(34)26-19(21)25-13)41-42(35,36)4-38-17-8(32)7(31)15(39-17)29-3-24-5-11(20)22-2-23-12(5)29/h2-3,7-10,15-18,31-33H,4H2,1H3,(H,35,36)(H2,20,22,23)(H3,21,25,26,34)/t7?,8?,9?,10?,15-,16-,17+,18+/m1/s1. The summed E-state index contributed by atoms with van der Waals surface area (Å²) in [4.78, 5) is 40.8. The number of aromatic amines is 1. The van der Waals surface area contributed by atoms with Crippen molar-refractivity contribution in [2.24, 2.45) is 0 Å². The van der Waals surface area contributed by atoms with E-state index in [1.165, 1.54) is 24.3 Å². The number of H-pyrrole nitrogens is 1. The average molecular weight is 613 g/mol. The lowest BCUT2D eigenvalue weighted by Gasteiger charge is -2.24. The third-order valence-corrected chi connectivity index (χ3v) is 7.59. The number of fused-ring (bicyclic) bond motifs is 2. The van der Waals surface area contributed by atoms with Gasteiger partial charge in [-0.1, -0.05) is 5.21 Å². The van der Waals surface area contributed by atoms with Gasteiger partial charge < -0.3 is 50.6 Å². The molecule has 6 heterocycles. The number of aliphatic hydroxyl groups is 3. The smallest absolute Gasteiger partial charge is 0.354 e. The van der Waals surface area contributed by atoms with E-state index in [4.69, 9.17) is 34.9 Å². The van der Waals surface area contributed by atoms with Crippen molar-refractivity contribution in [1.29, 1.82) is 0 Å². The zero-order valence-corrected chi connectivity index (χ0v) is 22.2. The van der Waals surface area contributed by atoms with E-state index >= 15 is 0 Å². The van der Waals surface area contributed by atoms with Gasteiger partial charge in [-0.15, -0.1) is 5.10 Å². The Hall–Kier alpha value is -3.70. The van der Waals surface area contributed by atoms with Crippen LogP contribution in [0.5, 0.6) is 0 Å². The third kappa shape index (κ3) is 4.78. The van der Waals surface area contributed by atoms with Crippen LogP contribution in [0.1, 0.15) is 12.5 Å². The number of nitrogens with zero attached hydrogens (tertiary/aromatic N) is 8. The molecule has 2 fully saturated rings. The second-order valence-electron chi connectivity index (χ2n) is 9.24. The van der Waals surface area contributed by atoms with Crippen LogP contribution in [0.25, 0.3) is 22.3 Å². The van der Waals surface area contributed by atoms with E-state index in [-0.39, 0.29) is 34.1 Å². The number of nitrogens with one attached hydrogen (secondary N) is 1. The van der Waals surface area contributed by atoms with Crippen LogP contribution in [-0.2, 0) is 28.0 Å². The van der Waals surface area contributed by atoms with E-state index in [0.717, 1.165) is 4.68 Å². The summed E-state index contributed by atoms with van der Waals surface area (Å²) in [6.45, 7) is 0. The highest BCUT2D eigenvalue weighted by Gasteiger charge is 2.51. The molecule has 23 heteroatoms. The Bertz CT molecular complexity index is 1730. The molecule has 9 N–H and O–H groups in total. The zero-order chi connectivity index (χ0) is 29.9. The molecular formula is C19H24N11O11P. The molecule has 6 rings (SSSR count). The first kappa shape index (κ1) is 28.4. The number of ether oxygens (including phenoxy) is 4. The van der Waals surface area contributed by atoms with Crippen molar-refractivity contribution in [1.82, 2.24) is 44.5 Å². The number of hydrogen-bond acceptors (Lipinski definition) is 18. The van der Waals surface area contributed by atoms with Gasteiger partial charge in [0.25, 0.3) is 5.56 Å². The molecule has 4 aromatic heterocycles. The molecule has 2 aliphatic rings. The lowest BCUT2D eigenvalue weighted by Crippen LogP contribution is -2.36. The van der Waals surface area contributed by atoms with Gasteiger partial charge in [0.15, 0.2) is 54.0 Å². The molecule has 0 aromatic carbocycles. The van der Waals surface area contributed by atoms with Gasteiger partial charge in [-0.3, -0.25) is 23.4 Å². The van der Waals surface area contributed by atoms with E-state index in [9.17, 15) is 29.6 Å². The number of aromatic nitrogens is 9. The fourth-order valence-corrected chi connectivity index (χ4v) is 5.59. The second kappa shape index (κ2) is 10.5. The van der Waals surface area contributed by atoms with Crippen molar-refractivity contribution >= 4 is 41.7 Å². The highest BCUT2D eigenvalue weighted by Crippen LogP contribution is 2.48. The van der Waals surface area contributed by atoms with Crippen molar-refractivity contribution in [3.63, 3.8) is 0 Å². The molecule has 0 radical (unpaired) electrons. The highest BCUT2D eigenvalue weighted by atomic mass is 31.2. The average Bonchev–Trinajstić information content (AvgIpc) is 3.69. The molecule has 0 spiro atoms. The first-order chi connectivity index (χ1) is 20.0. The summed E-state index contributed by atoms with van der Waals surface area (Å²) in [5, 5.41) is 39.4. The Kier molecular flexibility index (Phi) is 7.13. The number of anilines is 2. The molecule has 9 atom stereocenters. The normalized spacial score (nSPS) is 31.3. The summed E-state index contributed by atoms with van der Waals surface area (Å²) in [5.74, 6) is -0.169. The number of nitrogens with two attached hydrogens (primary N) is 2. The third-order valence-electron chi connectivity index (χ3n) is 6.54. The fraction of sp³-hybridized carbons (Fsp3) is 0.526. The van der Waals surface area contributed by atoms with Gasteiger partial charge in [0, 0.05) is 7.11 Å². The van der Waals surface area contributed by atoms with E-state index in [2.05, 4.69) is 35.2 Å². The second-order valence-corrected chi connectivity index (χ2v) is 11.0. The summed E-state index contributed by atoms with van der Waals surface area (Å²) in [5.41, 5.74) is 10.8. The maximum atomic E-state index is 13.0. The predicted molar refractivity (Wildman–Crippen MR) is 134 cm³/mol. The van der Waals surface area contributed by atoms with Crippen molar-refractivity contribution in [2.45, 2.75) is 49.5 Å². The number of aliphatic hydroxyl groups excluding tert-OH is 3. The minimum Gasteiger partial charge on any atom is -0.385 e. The van der Waals surface area contributed by atoms with Gasteiger partial charge in [0.1, 0.15) is 36.3 Å². The van der Waals surface area contributed by atoms with Gasteiger partial charge >= 0.3 is 7.60 Å². The fourth-order valence-electron chi connectivity index (χ4n) is 4.59. The number of imidazole rings is 1. The maximum absolute atomic E-state index is 13.0. The van der Waals surface area contributed by atoms with Gasteiger partial charge in [-0.2, -0.15) is 9.67 Å². The van der Waals surface area contributed by atoms with Crippen LogP contribution in [0.4, 0.5) is 11.8 Å². The lowest BCUT2D eigenvalue weighted by atomic mass is 10.2. The van der Waals surface area contributed by atoms with E-state index in [1.807, 2.05) is 0 Å². The van der Waals surface area contributed by atoms with Gasteiger partial charge in [0.2, 0.25) is 5.95 Å². The predicted octanol–water partition coefficient (Wildman–Crippen LogP) is -3.50. The molecular weight excluding hydrogens is 589 g/mol. The molecule has 2 saturated heterocycles. The van der Waals surface area contributed by atoms with Crippen LogP contribution < -0.4 is 17.0 Å². The monoisotopic (exact) mass is 613 g/mol. The Morgan fingerprint density at radius 3 is 2.57 bits per heavy atom. The number of methoxy groups -OCH3 is 1. The summed E-state index contributed by atoms with van der Waals surface area (Å²) in [6, 6.07) is 0. The molecule has 22 nitrogen and oxygen atoms in total. The molecule has 5 unspecified atom stereocenters. The minimum atomic E-state index is -4.73. The van der Waals surface area contributed by atoms with E-state index < -0.39 is 69.0 Å². The zero-order valence-electron chi connectivity index (χ0n) is 21.3. The van der Waals surface area contributed by atoms with Gasteiger partial charge in [0.05, 0.1) is 6.33 Å². The number of hydrogen-bond donors (Lipinski definition) is 7. The van der Waals surface area contributed by atoms with Crippen LogP contribution >= 0.6 is 7.60 Å². The largest absolute Gasteiger partial charge is 0.385 e. The first-order valence-corrected chi connectivity index (χ1v) is 13.8. The molecule has 42 heavy (non-hydrogen) atoms. The Morgan fingerprint density at radius 1 is 1.05 bits per heavy atom. The van der Waals surface area contributed by atoms with Crippen LogP contribution in [0.15, 0.2) is 17.4 Å². The van der Waals surface area contributed by atoms with Crippen LogP contribution in [0.3, 0.4) is 0 Å². The van der Waals surface area contributed by atoms with Gasteiger partial charge in [-0.25, -0.2) is 15.0 Å². The van der Waals surface area contributed by atoms with Crippen molar-refractivity contribution in [3.8, 4) is 0 Å². The van der Waals surface area contributed by atoms with Crippen LogP contribution in [0, 0.1) is 0 Å². The summed E-state index contributed by atoms with van der Waals surface area (Å²) in [6.07, 6.45) is -10.7. The Labute approximate surface area is 232 Å². The molecule has 0 aliphatic carbocycles.